The minimum atomic E-state index is -0.406. The van der Waals surface area contributed by atoms with Gasteiger partial charge in [-0.25, -0.2) is 4.39 Å². The minimum absolute atomic E-state index is 0.0178. The van der Waals surface area contributed by atoms with Gasteiger partial charge in [0.15, 0.2) is 0 Å². The second-order valence-corrected chi connectivity index (χ2v) is 5.96. The smallest absolute Gasteiger partial charge is 0.254 e. The van der Waals surface area contributed by atoms with Gasteiger partial charge in [-0.2, -0.15) is 0 Å². The number of hydrogen-bond acceptors (Lipinski definition) is 3. The Kier molecular flexibility index (Phi) is 6.10. The normalized spacial score (nSPS) is 16.9. The maximum atomic E-state index is 13.2. The fourth-order valence-corrected chi connectivity index (χ4v) is 2.54. The van der Waals surface area contributed by atoms with Crippen LogP contribution in [0.4, 0.5) is 4.39 Å². The number of carbonyl (C=O) groups is 2. The van der Waals surface area contributed by atoms with Crippen LogP contribution >= 0.6 is 0 Å². The molecule has 1 aliphatic rings. The summed E-state index contributed by atoms with van der Waals surface area (Å²) in [5, 5.41) is 2.94. The van der Waals surface area contributed by atoms with E-state index in [2.05, 4.69) is 5.32 Å². The van der Waals surface area contributed by atoms with E-state index in [-0.39, 0.29) is 17.9 Å². The van der Waals surface area contributed by atoms with Gasteiger partial charge in [0.1, 0.15) is 5.82 Å². The van der Waals surface area contributed by atoms with Crippen LogP contribution in [0.1, 0.15) is 30.6 Å². The molecule has 0 spiro atoms. The molecule has 0 radical (unpaired) electrons. The first-order valence-corrected chi connectivity index (χ1v) is 8.06. The molecule has 0 bridgehead atoms. The van der Waals surface area contributed by atoms with E-state index in [9.17, 15) is 14.0 Å². The number of halogens is 1. The summed E-state index contributed by atoms with van der Waals surface area (Å²) >= 11 is 0. The summed E-state index contributed by atoms with van der Waals surface area (Å²) in [5.41, 5.74) is 0.368. The Labute approximate surface area is 136 Å². The van der Waals surface area contributed by atoms with Crippen LogP contribution in [0.15, 0.2) is 24.3 Å². The molecule has 0 aromatic heterocycles. The number of nitrogens with zero attached hydrogens (tertiary/aromatic N) is 2. The van der Waals surface area contributed by atoms with Crippen LogP contribution in [0.2, 0.25) is 0 Å². The van der Waals surface area contributed by atoms with Crippen LogP contribution in [-0.2, 0) is 4.79 Å². The molecular formula is C17H24FN3O2. The molecule has 1 aliphatic heterocycles. The average Bonchev–Trinajstić information content (AvgIpc) is 2.54. The molecule has 1 saturated heterocycles. The van der Waals surface area contributed by atoms with Crippen molar-refractivity contribution in [1.29, 1.82) is 0 Å². The Morgan fingerprint density at radius 2 is 1.96 bits per heavy atom. The first-order chi connectivity index (χ1) is 11.0. The molecule has 23 heavy (non-hydrogen) atoms. The van der Waals surface area contributed by atoms with Gasteiger partial charge in [-0.1, -0.05) is 13.0 Å². The van der Waals surface area contributed by atoms with Crippen molar-refractivity contribution in [1.82, 2.24) is 15.1 Å². The Morgan fingerprint density at radius 1 is 1.26 bits per heavy atom. The third-order valence-electron chi connectivity index (χ3n) is 4.12. The zero-order valence-electron chi connectivity index (χ0n) is 13.7. The van der Waals surface area contributed by atoms with Crippen molar-refractivity contribution in [2.24, 2.45) is 0 Å². The van der Waals surface area contributed by atoms with E-state index in [1.807, 2.05) is 18.7 Å². The van der Waals surface area contributed by atoms with Crippen molar-refractivity contribution >= 4 is 11.8 Å². The van der Waals surface area contributed by atoms with Gasteiger partial charge in [-0.05, 0) is 31.5 Å². The molecule has 126 valence electrons. The van der Waals surface area contributed by atoms with Crippen molar-refractivity contribution in [3.05, 3.63) is 35.6 Å². The summed E-state index contributed by atoms with van der Waals surface area (Å²) in [5.74, 6) is -0.548. The largest absolute Gasteiger partial charge is 0.353 e. The van der Waals surface area contributed by atoms with Gasteiger partial charge in [-0.3, -0.25) is 14.5 Å². The predicted octanol–water partition coefficient (Wildman–Crippen LogP) is 1.50. The zero-order valence-corrected chi connectivity index (χ0v) is 13.7. The summed E-state index contributed by atoms with van der Waals surface area (Å²) in [6.07, 6.45) is 0.904. The highest BCUT2D eigenvalue weighted by Crippen LogP contribution is 2.10. The van der Waals surface area contributed by atoms with Gasteiger partial charge in [-0.15, -0.1) is 0 Å². The van der Waals surface area contributed by atoms with Gasteiger partial charge in [0.2, 0.25) is 5.91 Å². The van der Waals surface area contributed by atoms with Crippen LogP contribution in [-0.4, -0.2) is 60.4 Å². The highest BCUT2D eigenvalue weighted by atomic mass is 19.1. The lowest BCUT2D eigenvalue weighted by Gasteiger charge is -2.34. The molecule has 2 rings (SSSR count). The summed E-state index contributed by atoms with van der Waals surface area (Å²) in [6, 6.07) is 5.92. The van der Waals surface area contributed by atoms with Crippen LogP contribution in [0.3, 0.4) is 0 Å². The molecular weight excluding hydrogens is 297 g/mol. The lowest BCUT2D eigenvalue weighted by atomic mass is 10.1. The zero-order chi connectivity index (χ0) is 16.8. The Morgan fingerprint density at radius 3 is 2.57 bits per heavy atom. The summed E-state index contributed by atoms with van der Waals surface area (Å²) in [6.45, 7) is 6.75. The van der Waals surface area contributed by atoms with Gasteiger partial charge < -0.3 is 10.2 Å². The second kappa shape index (κ2) is 8.06. The van der Waals surface area contributed by atoms with E-state index in [1.165, 1.54) is 18.2 Å². The molecule has 1 aromatic rings. The molecule has 1 aromatic carbocycles. The van der Waals surface area contributed by atoms with Crippen molar-refractivity contribution in [3.63, 3.8) is 0 Å². The number of rotatable bonds is 5. The average molecular weight is 321 g/mol. The molecule has 1 N–H and O–H groups in total. The van der Waals surface area contributed by atoms with Crippen molar-refractivity contribution in [2.75, 3.05) is 32.7 Å². The number of hydrogen-bond donors (Lipinski definition) is 1. The quantitative estimate of drug-likeness (QED) is 0.894. The number of benzene rings is 1. The van der Waals surface area contributed by atoms with Crippen molar-refractivity contribution in [2.45, 2.75) is 26.3 Å². The van der Waals surface area contributed by atoms with Crippen molar-refractivity contribution < 1.29 is 14.0 Å². The fourth-order valence-electron chi connectivity index (χ4n) is 2.54. The fraction of sp³-hybridized carbons (Fsp3) is 0.529. The first kappa shape index (κ1) is 17.4. The standard InChI is InChI=1S/C17H24FN3O2/c1-3-13(2)19-16(22)12-20-7-9-21(10-8-20)17(23)14-5-4-6-15(18)11-14/h4-6,11,13H,3,7-10,12H2,1-2H3,(H,19,22). The molecule has 0 aliphatic carbocycles. The van der Waals surface area contributed by atoms with E-state index in [1.54, 1.807) is 11.0 Å². The molecule has 5 nitrogen and oxygen atoms in total. The van der Waals surface area contributed by atoms with Crippen molar-refractivity contribution in [3.8, 4) is 0 Å². The number of carbonyl (C=O) groups excluding carboxylic acids is 2. The maximum Gasteiger partial charge on any atom is 0.254 e. The topological polar surface area (TPSA) is 52.7 Å². The van der Waals surface area contributed by atoms with E-state index >= 15 is 0 Å². The summed E-state index contributed by atoms with van der Waals surface area (Å²) in [4.78, 5) is 27.9. The van der Waals surface area contributed by atoms with Gasteiger partial charge in [0, 0.05) is 37.8 Å². The van der Waals surface area contributed by atoms with Gasteiger partial charge in [0.25, 0.3) is 5.91 Å². The monoisotopic (exact) mass is 321 g/mol. The van der Waals surface area contributed by atoms with E-state index < -0.39 is 5.82 Å². The van der Waals surface area contributed by atoms with Crippen LogP contribution in [0.25, 0.3) is 0 Å². The highest BCUT2D eigenvalue weighted by Gasteiger charge is 2.23. The highest BCUT2D eigenvalue weighted by molar-refractivity contribution is 5.94. The number of piperazine rings is 1. The lowest BCUT2D eigenvalue weighted by Crippen LogP contribution is -2.51. The minimum Gasteiger partial charge on any atom is -0.353 e. The van der Waals surface area contributed by atoms with Crippen LogP contribution in [0, 0.1) is 5.82 Å². The summed E-state index contributed by atoms with van der Waals surface area (Å²) < 4.78 is 13.2. The van der Waals surface area contributed by atoms with Crippen LogP contribution in [0.5, 0.6) is 0 Å². The van der Waals surface area contributed by atoms with E-state index in [4.69, 9.17) is 0 Å². The Hall–Kier alpha value is -1.95. The lowest BCUT2D eigenvalue weighted by molar-refractivity contribution is -0.123. The Balaban J connectivity index is 1.82. The van der Waals surface area contributed by atoms with Gasteiger partial charge in [0.05, 0.1) is 6.54 Å². The molecule has 1 heterocycles. The van der Waals surface area contributed by atoms with E-state index in [0.717, 1.165) is 6.42 Å². The maximum absolute atomic E-state index is 13.2. The molecule has 1 unspecified atom stereocenters. The third kappa shape index (κ3) is 5.03. The van der Waals surface area contributed by atoms with E-state index in [0.29, 0.717) is 38.3 Å². The number of amides is 2. The Bertz CT molecular complexity index is 557. The molecule has 2 amide bonds. The molecule has 1 atom stereocenters. The second-order valence-electron chi connectivity index (χ2n) is 5.96. The molecule has 1 fully saturated rings. The predicted molar refractivity (Wildman–Crippen MR) is 86.6 cm³/mol. The summed E-state index contributed by atoms with van der Waals surface area (Å²) in [7, 11) is 0. The van der Waals surface area contributed by atoms with Crippen LogP contribution < -0.4 is 5.32 Å². The first-order valence-electron chi connectivity index (χ1n) is 8.06. The third-order valence-corrected chi connectivity index (χ3v) is 4.12. The number of nitrogens with one attached hydrogen (secondary N) is 1. The molecule has 6 heteroatoms. The molecule has 0 saturated carbocycles. The SMILES string of the molecule is CCC(C)NC(=O)CN1CCN(C(=O)c2cccc(F)c2)CC1. The van der Waals surface area contributed by atoms with Gasteiger partial charge >= 0.3 is 0 Å².